The lowest BCUT2D eigenvalue weighted by molar-refractivity contribution is -0.143. The van der Waals surface area contributed by atoms with Crippen molar-refractivity contribution >= 4 is 39.7 Å². The summed E-state index contributed by atoms with van der Waals surface area (Å²) >= 11 is 1.61. The van der Waals surface area contributed by atoms with Crippen molar-refractivity contribution < 1.29 is 9.59 Å². The van der Waals surface area contributed by atoms with E-state index in [4.69, 9.17) is 0 Å². The number of carbonyl (C=O) groups excluding carboxylic acids is 2. The lowest BCUT2D eigenvalue weighted by Crippen LogP contribution is -2.39. The zero-order valence-corrected chi connectivity index (χ0v) is 14.3. The van der Waals surface area contributed by atoms with E-state index in [-0.39, 0.29) is 6.04 Å². The Morgan fingerprint density at radius 3 is 2.96 bits per heavy atom. The van der Waals surface area contributed by atoms with E-state index in [2.05, 4.69) is 10.3 Å². The zero-order chi connectivity index (χ0) is 17.2. The van der Waals surface area contributed by atoms with Crippen LogP contribution >= 0.6 is 11.3 Å². The second kappa shape index (κ2) is 6.64. The summed E-state index contributed by atoms with van der Waals surface area (Å²) in [5.41, 5.74) is 2.49. The fourth-order valence-corrected chi connectivity index (χ4v) is 3.98. The average Bonchev–Trinajstić information content (AvgIpc) is 3.32. The number of amides is 2. The van der Waals surface area contributed by atoms with E-state index in [1.54, 1.807) is 22.4 Å². The van der Waals surface area contributed by atoms with Gasteiger partial charge in [-0.25, -0.2) is 0 Å². The molecule has 126 valence electrons. The Morgan fingerprint density at radius 1 is 1.24 bits per heavy atom. The van der Waals surface area contributed by atoms with Gasteiger partial charge < -0.3 is 10.2 Å². The van der Waals surface area contributed by atoms with Crippen LogP contribution in [0.3, 0.4) is 0 Å². The predicted molar refractivity (Wildman–Crippen MR) is 98.4 cm³/mol. The summed E-state index contributed by atoms with van der Waals surface area (Å²) in [7, 11) is 0. The van der Waals surface area contributed by atoms with Crippen LogP contribution in [-0.4, -0.2) is 28.2 Å². The predicted octanol–water partition coefficient (Wildman–Crippen LogP) is 3.60. The topological polar surface area (TPSA) is 62.3 Å². The van der Waals surface area contributed by atoms with Crippen molar-refractivity contribution in [3.05, 3.63) is 58.9 Å². The van der Waals surface area contributed by atoms with Gasteiger partial charge in [-0.2, -0.15) is 11.3 Å². The second-order valence-electron chi connectivity index (χ2n) is 6.08. The highest BCUT2D eigenvalue weighted by Gasteiger charge is 2.33. The highest BCUT2D eigenvalue weighted by atomic mass is 32.1. The molecule has 1 saturated heterocycles. The quantitative estimate of drug-likeness (QED) is 0.718. The Balaban J connectivity index is 1.50. The minimum Gasteiger partial charge on any atom is -0.327 e. The first-order valence-corrected chi connectivity index (χ1v) is 9.15. The van der Waals surface area contributed by atoms with Crippen molar-refractivity contribution in [2.24, 2.45) is 0 Å². The zero-order valence-electron chi connectivity index (χ0n) is 13.5. The number of hydrogen-bond donors (Lipinski definition) is 1. The van der Waals surface area contributed by atoms with Crippen LogP contribution in [0.1, 0.15) is 24.4 Å². The van der Waals surface area contributed by atoms with E-state index in [0.717, 1.165) is 29.3 Å². The molecule has 1 fully saturated rings. The van der Waals surface area contributed by atoms with Crippen LogP contribution in [0.2, 0.25) is 0 Å². The van der Waals surface area contributed by atoms with Gasteiger partial charge in [0.1, 0.15) is 0 Å². The number of aromatic nitrogens is 1. The number of pyridine rings is 1. The lowest BCUT2D eigenvalue weighted by Gasteiger charge is -2.23. The van der Waals surface area contributed by atoms with E-state index >= 15 is 0 Å². The first kappa shape index (κ1) is 15.8. The summed E-state index contributed by atoms with van der Waals surface area (Å²) in [4.78, 5) is 31.0. The first-order valence-electron chi connectivity index (χ1n) is 8.21. The Bertz CT molecular complexity index is 923. The summed E-state index contributed by atoms with van der Waals surface area (Å²) in [5, 5.41) is 7.65. The molecule has 0 radical (unpaired) electrons. The SMILES string of the molecule is O=C(Nc1cnc2ccccc2c1)C(=O)N1CCC[C@H]1c1ccsc1. The van der Waals surface area contributed by atoms with Gasteiger partial charge in [-0.15, -0.1) is 0 Å². The highest BCUT2D eigenvalue weighted by Crippen LogP contribution is 2.33. The molecule has 0 spiro atoms. The molecule has 3 heterocycles. The molecule has 6 heteroatoms. The maximum Gasteiger partial charge on any atom is 0.313 e. The molecule has 1 aliphatic rings. The molecule has 2 aromatic heterocycles. The molecule has 1 N–H and O–H groups in total. The van der Waals surface area contributed by atoms with Gasteiger partial charge in [0, 0.05) is 11.9 Å². The number of thiophene rings is 1. The monoisotopic (exact) mass is 351 g/mol. The van der Waals surface area contributed by atoms with Gasteiger partial charge in [0.2, 0.25) is 0 Å². The second-order valence-corrected chi connectivity index (χ2v) is 6.86. The Kier molecular flexibility index (Phi) is 4.19. The molecule has 1 atom stereocenters. The number of para-hydroxylation sites is 1. The molecule has 4 rings (SSSR count). The number of hydrogen-bond acceptors (Lipinski definition) is 4. The molecular formula is C19H17N3O2S. The summed E-state index contributed by atoms with van der Waals surface area (Å²) in [6, 6.07) is 11.5. The third-order valence-electron chi connectivity index (χ3n) is 4.48. The number of likely N-dealkylation sites (tertiary alicyclic amines) is 1. The highest BCUT2D eigenvalue weighted by molar-refractivity contribution is 7.08. The summed E-state index contributed by atoms with van der Waals surface area (Å²) in [6.07, 6.45) is 3.39. The maximum absolute atomic E-state index is 12.6. The Labute approximate surface area is 149 Å². The van der Waals surface area contributed by atoms with Gasteiger partial charge in [0.15, 0.2) is 0 Å². The summed E-state index contributed by atoms with van der Waals surface area (Å²) in [6.45, 7) is 0.614. The smallest absolute Gasteiger partial charge is 0.313 e. The van der Waals surface area contributed by atoms with Crippen molar-refractivity contribution in [1.82, 2.24) is 9.88 Å². The van der Waals surface area contributed by atoms with Gasteiger partial charge >= 0.3 is 11.8 Å². The van der Waals surface area contributed by atoms with E-state index in [0.29, 0.717) is 12.2 Å². The van der Waals surface area contributed by atoms with Crippen molar-refractivity contribution in [3.63, 3.8) is 0 Å². The van der Waals surface area contributed by atoms with E-state index < -0.39 is 11.8 Å². The van der Waals surface area contributed by atoms with Gasteiger partial charge in [0.25, 0.3) is 0 Å². The summed E-state index contributed by atoms with van der Waals surface area (Å²) in [5.74, 6) is -1.10. The van der Waals surface area contributed by atoms with Crippen LogP contribution in [0.15, 0.2) is 53.4 Å². The molecule has 2 amide bonds. The molecule has 0 unspecified atom stereocenters. The van der Waals surface area contributed by atoms with Crippen molar-refractivity contribution in [3.8, 4) is 0 Å². The molecule has 5 nitrogen and oxygen atoms in total. The standard InChI is InChI=1S/C19H17N3O2S/c23-18(21-15-10-13-4-1-2-5-16(13)20-11-15)19(24)22-8-3-6-17(22)14-7-9-25-12-14/h1-2,4-5,7,9-12,17H,3,6,8H2,(H,21,23)/t17-/m0/s1. The Hall–Kier alpha value is -2.73. The van der Waals surface area contributed by atoms with Crippen LogP contribution < -0.4 is 5.32 Å². The fourth-order valence-electron chi connectivity index (χ4n) is 3.28. The van der Waals surface area contributed by atoms with Crippen LogP contribution in [0.4, 0.5) is 5.69 Å². The number of benzene rings is 1. The average molecular weight is 351 g/mol. The molecular weight excluding hydrogens is 334 g/mol. The van der Waals surface area contributed by atoms with Gasteiger partial charge in [-0.05, 0) is 47.4 Å². The molecule has 25 heavy (non-hydrogen) atoms. The molecule has 1 aliphatic heterocycles. The first-order chi connectivity index (χ1) is 12.2. The number of nitrogens with zero attached hydrogens (tertiary/aromatic N) is 2. The van der Waals surface area contributed by atoms with Gasteiger partial charge in [-0.1, -0.05) is 18.2 Å². The lowest BCUT2D eigenvalue weighted by atomic mass is 10.1. The molecule has 0 bridgehead atoms. The molecule has 0 aliphatic carbocycles. The molecule has 3 aromatic rings. The van der Waals surface area contributed by atoms with Crippen LogP contribution in [0, 0.1) is 0 Å². The van der Waals surface area contributed by atoms with E-state index in [1.807, 2.05) is 47.2 Å². The number of carbonyl (C=O) groups is 2. The van der Waals surface area contributed by atoms with Crippen LogP contribution in [-0.2, 0) is 9.59 Å². The number of fused-ring (bicyclic) bond motifs is 1. The van der Waals surface area contributed by atoms with Gasteiger partial charge in [-0.3, -0.25) is 14.6 Å². The third kappa shape index (κ3) is 3.13. The van der Waals surface area contributed by atoms with E-state index in [9.17, 15) is 9.59 Å². The minimum absolute atomic E-state index is 0.000714. The Morgan fingerprint density at radius 2 is 2.12 bits per heavy atom. The number of nitrogens with one attached hydrogen (secondary N) is 1. The minimum atomic E-state index is -0.612. The maximum atomic E-state index is 12.6. The van der Waals surface area contributed by atoms with Crippen molar-refractivity contribution in [1.29, 1.82) is 0 Å². The molecule has 1 aromatic carbocycles. The van der Waals surface area contributed by atoms with Crippen LogP contribution in [0.25, 0.3) is 10.9 Å². The van der Waals surface area contributed by atoms with Crippen molar-refractivity contribution in [2.45, 2.75) is 18.9 Å². The fraction of sp³-hybridized carbons (Fsp3) is 0.211. The normalized spacial score (nSPS) is 17.0. The van der Waals surface area contributed by atoms with Gasteiger partial charge in [0.05, 0.1) is 23.4 Å². The van der Waals surface area contributed by atoms with Crippen LogP contribution in [0.5, 0.6) is 0 Å². The number of rotatable bonds is 2. The summed E-state index contributed by atoms with van der Waals surface area (Å²) < 4.78 is 0. The molecule has 0 saturated carbocycles. The largest absolute Gasteiger partial charge is 0.327 e. The third-order valence-corrected chi connectivity index (χ3v) is 5.19. The van der Waals surface area contributed by atoms with Crippen molar-refractivity contribution in [2.75, 3.05) is 11.9 Å². The number of anilines is 1. The van der Waals surface area contributed by atoms with E-state index in [1.165, 1.54) is 0 Å².